The molecule has 0 aliphatic carbocycles. The summed E-state index contributed by atoms with van der Waals surface area (Å²) < 4.78 is 19.0. The number of furan rings is 1. The monoisotopic (exact) mass is 251 g/mol. The number of rotatable bonds is 3. The Morgan fingerprint density at radius 1 is 1.35 bits per heavy atom. The average Bonchev–Trinajstić information content (AvgIpc) is 2.67. The third kappa shape index (κ3) is 2.53. The van der Waals surface area contributed by atoms with Crippen LogP contribution in [-0.4, -0.2) is 0 Å². The highest BCUT2D eigenvalue weighted by Gasteiger charge is 2.14. The molecule has 0 aliphatic heterocycles. The first-order chi connectivity index (χ1) is 8.09. The molecule has 2 N–H and O–H groups in total. The maximum Gasteiger partial charge on any atom is 0.137 e. The largest absolute Gasteiger partial charge is 0.468 e. The molecule has 1 aromatic heterocycles. The molecule has 0 radical (unpaired) electrons. The van der Waals surface area contributed by atoms with Gasteiger partial charge in [0.25, 0.3) is 0 Å². The van der Waals surface area contributed by atoms with Crippen molar-refractivity contribution < 1.29 is 8.81 Å². The fourth-order valence-electron chi connectivity index (χ4n) is 1.58. The van der Waals surface area contributed by atoms with Gasteiger partial charge in [-0.15, -0.1) is 0 Å². The first-order valence-electron chi connectivity index (χ1n) is 5.35. The van der Waals surface area contributed by atoms with E-state index >= 15 is 0 Å². The van der Waals surface area contributed by atoms with Gasteiger partial charge in [-0.25, -0.2) is 4.39 Å². The second-order valence-electron chi connectivity index (χ2n) is 3.89. The van der Waals surface area contributed by atoms with Crippen LogP contribution < -0.4 is 5.73 Å². The van der Waals surface area contributed by atoms with Gasteiger partial charge in [-0.3, -0.25) is 0 Å². The van der Waals surface area contributed by atoms with Gasteiger partial charge >= 0.3 is 0 Å². The summed E-state index contributed by atoms with van der Waals surface area (Å²) in [6.07, 6.45) is 1.60. The molecule has 0 aliphatic rings. The van der Waals surface area contributed by atoms with Crippen LogP contribution in [0.15, 0.2) is 44.7 Å². The summed E-state index contributed by atoms with van der Waals surface area (Å²) >= 11 is 1.35. The summed E-state index contributed by atoms with van der Waals surface area (Å²) in [4.78, 5) is 1.49. The second kappa shape index (κ2) is 4.94. The van der Waals surface area contributed by atoms with E-state index in [1.165, 1.54) is 17.8 Å². The Kier molecular flexibility index (Phi) is 3.54. The van der Waals surface area contributed by atoms with Crippen molar-refractivity contribution >= 4 is 11.8 Å². The molecular weight excluding hydrogens is 237 g/mol. The van der Waals surface area contributed by atoms with Crippen molar-refractivity contribution in [1.29, 1.82) is 0 Å². The van der Waals surface area contributed by atoms with Crippen LogP contribution in [0.5, 0.6) is 0 Å². The van der Waals surface area contributed by atoms with Crippen LogP contribution in [0.25, 0.3) is 0 Å². The molecule has 1 heterocycles. The van der Waals surface area contributed by atoms with E-state index in [0.29, 0.717) is 4.90 Å². The Bertz CT molecular complexity index is 522. The molecule has 1 aromatic carbocycles. The topological polar surface area (TPSA) is 39.2 Å². The van der Waals surface area contributed by atoms with Crippen LogP contribution in [0.3, 0.4) is 0 Å². The lowest BCUT2D eigenvalue weighted by Gasteiger charge is -2.12. The maximum atomic E-state index is 13.8. The van der Waals surface area contributed by atoms with E-state index in [-0.39, 0.29) is 11.9 Å². The highest BCUT2D eigenvalue weighted by molar-refractivity contribution is 7.99. The molecule has 17 heavy (non-hydrogen) atoms. The fourth-order valence-corrected chi connectivity index (χ4v) is 2.65. The zero-order valence-electron chi connectivity index (χ0n) is 9.74. The lowest BCUT2D eigenvalue weighted by molar-refractivity contribution is 0.526. The van der Waals surface area contributed by atoms with Crippen LogP contribution in [-0.2, 0) is 0 Å². The normalized spacial score (nSPS) is 12.7. The zero-order valence-corrected chi connectivity index (χ0v) is 10.6. The SMILES string of the molecule is Cc1occc1Sc1c(F)cccc1C(C)N. The first-order valence-corrected chi connectivity index (χ1v) is 6.17. The number of aryl methyl sites for hydroxylation is 1. The molecular formula is C13H14FNOS. The molecule has 0 saturated carbocycles. The Labute approximate surface area is 104 Å². The van der Waals surface area contributed by atoms with Crippen LogP contribution in [0.1, 0.15) is 24.3 Å². The number of hydrogen-bond acceptors (Lipinski definition) is 3. The first kappa shape index (κ1) is 12.2. The van der Waals surface area contributed by atoms with Crippen LogP contribution in [0, 0.1) is 12.7 Å². The Balaban J connectivity index is 2.41. The number of halogens is 1. The zero-order chi connectivity index (χ0) is 12.4. The van der Waals surface area contributed by atoms with Gasteiger partial charge in [-0.2, -0.15) is 0 Å². The van der Waals surface area contributed by atoms with Gasteiger partial charge in [0.15, 0.2) is 0 Å². The summed E-state index contributed by atoms with van der Waals surface area (Å²) in [5.41, 5.74) is 6.66. The van der Waals surface area contributed by atoms with Gasteiger partial charge in [0, 0.05) is 6.04 Å². The van der Waals surface area contributed by atoms with Crippen molar-refractivity contribution in [2.24, 2.45) is 5.73 Å². The van der Waals surface area contributed by atoms with Crippen LogP contribution in [0.2, 0.25) is 0 Å². The van der Waals surface area contributed by atoms with E-state index in [0.717, 1.165) is 16.2 Å². The van der Waals surface area contributed by atoms with Gasteiger partial charge in [0.1, 0.15) is 11.6 Å². The summed E-state index contributed by atoms with van der Waals surface area (Å²) in [6.45, 7) is 3.70. The Hall–Kier alpha value is -1.26. The van der Waals surface area contributed by atoms with Crippen molar-refractivity contribution in [2.45, 2.75) is 29.7 Å². The molecule has 4 heteroatoms. The van der Waals surface area contributed by atoms with Crippen molar-refractivity contribution in [3.63, 3.8) is 0 Å². The summed E-state index contributed by atoms with van der Waals surface area (Å²) in [5.74, 6) is 0.541. The van der Waals surface area contributed by atoms with Crippen molar-refractivity contribution in [3.8, 4) is 0 Å². The molecule has 2 aromatic rings. The van der Waals surface area contributed by atoms with Gasteiger partial charge in [0.2, 0.25) is 0 Å². The van der Waals surface area contributed by atoms with E-state index in [9.17, 15) is 4.39 Å². The fraction of sp³-hybridized carbons (Fsp3) is 0.231. The van der Waals surface area contributed by atoms with E-state index in [4.69, 9.17) is 10.2 Å². The molecule has 0 bridgehead atoms. The lowest BCUT2D eigenvalue weighted by atomic mass is 10.1. The highest BCUT2D eigenvalue weighted by Crippen LogP contribution is 2.36. The standard InChI is InChI=1S/C13H14FNOS/c1-8(15)10-4-3-5-11(14)13(10)17-12-6-7-16-9(12)2/h3-8H,15H2,1-2H3. The minimum atomic E-state index is -0.245. The van der Waals surface area contributed by atoms with E-state index in [2.05, 4.69) is 0 Å². The van der Waals surface area contributed by atoms with E-state index in [1.807, 2.05) is 26.0 Å². The molecule has 0 spiro atoms. The molecule has 2 nitrogen and oxygen atoms in total. The highest BCUT2D eigenvalue weighted by atomic mass is 32.2. The van der Waals surface area contributed by atoms with Gasteiger partial charge in [-0.1, -0.05) is 23.9 Å². The number of benzene rings is 1. The Morgan fingerprint density at radius 3 is 2.71 bits per heavy atom. The van der Waals surface area contributed by atoms with Gasteiger partial charge in [-0.05, 0) is 31.5 Å². The van der Waals surface area contributed by atoms with Crippen LogP contribution >= 0.6 is 11.8 Å². The minimum Gasteiger partial charge on any atom is -0.468 e. The quantitative estimate of drug-likeness (QED) is 0.899. The molecule has 0 fully saturated rings. The maximum absolute atomic E-state index is 13.8. The molecule has 1 unspecified atom stereocenters. The summed E-state index contributed by atoms with van der Waals surface area (Å²) in [7, 11) is 0. The summed E-state index contributed by atoms with van der Waals surface area (Å²) in [6, 6.07) is 6.62. The predicted octanol–water partition coefficient (Wildman–Crippen LogP) is 3.90. The number of hydrogen-bond donors (Lipinski definition) is 1. The molecule has 0 saturated heterocycles. The average molecular weight is 251 g/mol. The molecule has 0 amide bonds. The number of nitrogens with two attached hydrogens (primary N) is 1. The predicted molar refractivity (Wildman–Crippen MR) is 66.6 cm³/mol. The Morgan fingerprint density at radius 2 is 2.12 bits per heavy atom. The van der Waals surface area contributed by atoms with Gasteiger partial charge < -0.3 is 10.2 Å². The third-order valence-corrected chi connectivity index (χ3v) is 3.79. The van der Waals surface area contributed by atoms with E-state index in [1.54, 1.807) is 12.3 Å². The smallest absolute Gasteiger partial charge is 0.137 e. The van der Waals surface area contributed by atoms with E-state index < -0.39 is 0 Å². The van der Waals surface area contributed by atoms with Crippen molar-refractivity contribution in [2.75, 3.05) is 0 Å². The summed E-state index contributed by atoms with van der Waals surface area (Å²) in [5, 5.41) is 0. The van der Waals surface area contributed by atoms with Crippen molar-refractivity contribution in [3.05, 3.63) is 47.7 Å². The second-order valence-corrected chi connectivity index (χ2v) is 4.94. The van der Waals surface area contributed by atoms with Crippen molar-refractivity contribution in [1.82, 2.24) is 0 Å². The minimum absolute atomic E-state index is 0.194. The van der Waals surface area contributed by atoms with Crippen LogP contribution in [0.4, 0.5) is 4.39 Å². The lowest BCUT2D eigenvalue weighted by Crippen LogP contribution is -2.07. The van der Waals surface area contributed by atoms with Gasteiger partial charge in [0.05, 0.1) is 16.1 Å². The molecule has 2 rings (SSSR count). The third-order valence-electron chi connectivity index (χ3n) is 2.51. The molecule has 1 atom stereocenters. The molecule has 90 valence electrons.